The van der Waals surface area contributed by atoms with Gasteiger partial charge in [-0.3, -0.25) is 0 Å². The first-order chi connectivity index (χ1) is 8.78. The number of nitrogens with zero attached hydrogens (tertiary/aromatic N) is 3. The molecule has 1 aliphatic rings. The summed E-state index contributed by atoms with van der Waals surface area (Å²) in [5, 5.41) is 4.58. The lowest BCUT2D eigenvalue weighted by Gasteiger charge is -2.20. The normalized spacial score (nSPS) is 16.8. The van der Waals surface area contributed by atoms with Crippen molar-refractivity contribution in [2.75, 3.05) is 25.1 Å². The summed E-state index contributed by atoms with van der Waals surface area (Å²) in [6, 6.07) is 0. The van der Waals surface area contributed by atoms with Gasteiger partial charge >= 0.3 is 0 Å². The number of ether oxygens (including phenoxy) is 1. The van der Waals surface area contributed by atoms with Crippen molar-refractivity contribution >= 4 is 29.3 Å². The number of hydrogen-bond donors (Lipinski definition) is 1. The van der Waals surface area contributed by atoms with Crippen molar-refractivity contribution in [1.29, 1.82) is 0 Å². The molecule has 2 heterocycles. The Hall–Kier alpha value is -0.590. The Labute approximate surface area is 116 Å². The van der Waals surface area contributed by atoms with Crippen LogP contribution in [0.15, 0.2) is 5.16 Å². The summed E-state index contributed by atoms with van der Waals surface area (Å²) in [5.74, 6) is 0.561. The van der Waals surface area contributed by atoms with Gasteiger partial charge < -0.3 is 10.1 Å². The third-order valence-electron chi connectivity index (χ3n) is 2.56. The Morgan fingerprint density at radius 3 is 2.83 bits per heavy atom. The smallest absolute Gasteiger partial charge is 0.228 e. The minimum absolute atomic E-state index is 0.248. The molecule has 5 nitrogen and oxygen atoms in total. The second-order valence-corrected chi connectivity index (χ2v) is 5.67. The first-order valence-corrected chi connectivity index (χ1v) is 7.43. The highest BCUT2D eigenvalue weighted by molar-refractivity contribution is 7.99. The van der Waals surface area contributed by atoms with Gasteiger partial charge in [-0.2, -0.15) is 15.0 Å². The Kier molecular flexibility index (Phi) is 5.46. The quantitative estimate of drug-likeness (QED) is 0.899. The standard InChI is InChI=1S/C11H17ClN4OS/c1-2-5-13-10-14-9(12)15-11(16-10)18-8-3-6-17-7-4-8/h8H,2-7H2,1H3,(H,13,14,15,16). The number of hydrogen-bond acceptors (Lipinski definition) is 6. The fraction of sp³-hybridized carbons (Fsp3) is 0.727. The number of nitrogens with one attached hydrogen (secondary N) is 1. The summed E-state index contributed by atoms with van der Waals surface area (Å²) < 4.78 is 5.33. The largest absolute Gasteiger partial charge is 0.381 e. The molecule has 0 spiro atoms. The summed E-state index contributed by atoms with van der Waals surface area (Å²) in [7, 11) is 0. The second kappa shape index (κ2) is 7.11. The minimum atomic E-state index is 0.248. The van der Waals surface area contributed by atoms with Crippen LogP contribution in [0.1, 0.15) is 26.2 Å². The van der Waals surface area contributed by atoms with E-state index in [1.165, 1.54) is 0 Å². The zero-order valence-corrected chi connectivity index (χ0v) is 11.9. The zero-order chi connectivity index (χ0) is 12.8. The van der Waals surface area contributed by atoms with Crippen LogP contribution in [0.3, 0.4) is 0 Å². The van der Waals surface area contributed by atoms with E-state index in [-0.39, 0.29) is 5.28 Å². The van der Waals surface area contributed by atoms with Gasteiger partial charge in [0.15, 0.2) is 5.16 Å². The molecule has 0 amide bonds. The molecule has 18 heavy (non-hydrogen) atoms. The van der Waals surface area contributed by atoms with E-state index in [4.69, 9.17) is 16.3 Å². The average molecular weight is 289 g/mol. The first-order valence-electron chi connectivity index (χ1n) is 6.17. The summed E-state index contributed by atoms with van der Waals surface area (Å²) in [5.41, 5.74) is 0. The maximum absolute atomic E-state index is 5.91. The van der Waals surface area contributed by atoms with Crippen LogP contribution in [0.25, 0.3) is 0 Å². The van der Waals surface area contributed by atoms with Crippen LogP contribution in [0, 0.1) is 0 Å². The highest BCUT2D eigenvalue weighted by atomic mass is 35.5. The number of thioether (sulfide) groups is 1. The fourth-order valence-corrected chi connectivity index (χ4v) is 2.86. The second-order valence-electron chi connectivity index (χ2n) is 4.07. The van der Waals surface area contributed by atoms with Crippen LogP contribution >= 0.6 is 23.4 Å². The first kappa shape index (κ1) is 13.8. The summed E-state index contributed by atoms with van der Waals surface area (Å²) in [6.45, 7) is 4.56. The van der Waals surface area contributed by atoms with Gasteiger partial charge in [0.25, 0.3) is 0 Å². The fourth-order valence-electron chi connectivity index (χ4n) is 1.64. The van der Waals surface area contributed by atoms with Crippen LogP contribution in [0.2, 0.25) is 5.28 Å². The molecule has 0 radical (unpaired) electrons. The van der Waals surface area contributed by atoms with Crippen LogP contribution in [0.4, 0.5) is 5.95 Å². The maximum atomic E-state index is 5.91. The van der Waals surface area contributed by atoms with Gasteiger partial charge in [-0.1, -0.05) is 18.7 Å². The van der Waals surface area contributed by atoms with Gasteiger partial charge in [-0.25, -0.2) is 0 Å². The minimum Gasteiger partial charge on any atom is -0.381 e. The molecule has 0 saturated carbocycles. The Bertz CT molecular complexity index is 387. The monoisotopic (exact) mass is 288 g/mol. The molecule has 0 aliphatic carbocycles. The number of rotatable bonds is 5. The van der Waals surface area contributed by atoms with E-state index in [1.807, 2.05) is 0 Å². The number of anilines is 1. The summed E-state index contributed by atoms with van der Waals surface area (Å²) in [6.07, 6.45) is 3.09. The molecule has 1 fully saturated rings. The van der Waals surface area contributed by atoms with Crippen molar-refractivity contribution in [2.45, 2.75) is 36.6 Å². The maximum Gasteiger partial charge on any atom is 0.228 e. The molecule has 2 rings (SSSR count). The molecule has 1 aromatic rings. The van der Waals surface area contributed by atoms with Gasteiger partial charge in [-0.05, 0) is 30.9 Å². The van der Waals surface area contributed by atoms with Gasteiger partial charge in [0, 0.05) is 25.0 Å². The van der Waals surface area contributed by atoms with E-state index in [1.54, 1.807) is 11.8 Å². The third-order valence-corrected chi connectivity index (χ3v) is 3.93. The van der Waals surface area contributed by atoms with Crippen LogP contribution in [-0.2, 0) is 4.74 Å². The van der Waals surface area contributed by atoms with Crippen molar-refractivity contribution in [2.24, 2.45) is 0 Å². The van der Waals surface area contributed by atoms with E-state index in [9.17, 15) is 0 Å². The zero-order valence-electron chi connectivity index (χ0n) is 10.4. The number of halogens is 1. The van der Waals surface area contributed by atoms with E-state index in [2.05, 4.69) is 27.2 Å². The molecular formula is C11H17ClN4OS. The van der Waals surface area contributed by atoms with Crippen LogP contribution < -0.4 is 5.32 Å². The Balaban J connectivity index is 1.99. The van der Waals surface area contributed by atoms with Gasteiger partial charge in [-0.15, -0.1) is 0 Å². The van der Waals surface area contributed by atoms with Gasteiger partial charge in [0.05, 0.1) is 0 Å². The molecule has 100 valence electrons. The van der Waals surface area contributed by atoms with E-state index in [0.717, 1.165) is 39.0 Å². The lowest BCUT2D eigenvalue weighted by atomic mass is 10.2. The van der Waals surface area contributed by atoms with Crippen molar-refractivity contribution in [3.8, 4) is 0 Å². The Morgan fingerprint density at radius 1 is 1.33 bits per heavy atom. The third kappa shape index (κ3) is 4.26. The summed E-state index contributed by atoms with van der Waals surface area (Å²) >= 11 is 7.57. The highest BCUT2D eigenvalue weighted by Crippen LogP contribution is 2.28. The molecule has 1 saturated heterocycles. The molecule has 1 N–H and O–H groups in total. The Morgan fingerprint density at radius 2 is 2.11 bits per heavy atom. The predicted octanol–water partition coefficient (Wildman–Crippen LogP) is 2.62. The molecule has 1 aliphatic heterocycles. The van der Waals surface area contributed by atoms with Crippen LogP contribution in [-0.4, -0.2) is 40.0 Å². The average Bonchev–Trinajstić information content (AvgIpc) is 2.37. The predicted molar refractivity (Wildman–Crippen MR) is 73.3 cm³/mol. The molecular weight excluding hydrogens is 272 g/mol. The van der Waals surface area contributed by atoms with Crippen molar-refractivity contribution in [3.05, 3.63) is 5.28 Å². The van der Waals surface area contributed by atoms with Gasteiger partial charge in [0.1, 0.15) is 0 Å². The molecule has 0 aromatic carbocycles. The number of aromatic nitrogens is 3. The molecule has 0 unspecified atom stereocenters. The van der Waals surface area contributed by atoms with Crippen molar-refractivity contribution in [1.82, 2.24) is 15.0 Å². The lowest BCUT2D eigenvalue weighted by molar-refractivity contribution is 0.1000. The molecule has 0 atom stereocenters. The molecule has 0 bridgehead atoms. The van der Waals surface area contributed by atoms with Gasteiger partial charge in [0.2, 0.25) is 11.2 Å². The SMILES string of the molecule is CCCNc1nc(Cl)nc(SC2CCOCC2)n1. The molecule has 1 aromatic heterocycles. The van der Waals surface area contributed by atoms with E-state index >= 15 is 0 Å². The lowest BCUT2D eigenvalue weighted by Crippen LogP contribution is -2.18. The van der Waals surface area contributed by atoms with Crippen LogP contribution in [0.5, 0.6) is 0 Å². The highest BCUT2D eigenvalue weighted by Gasteiger charge is 2.17. The topological polar surface area (TPSA) is 59.9 Å². The van der Waals surface area contributed by atoms with Crippen molar-refractivity contribution < 1.29 is 4.74 Å². The summed E-state index contributed by atoms with van der Waals surface area (Å²) in [4.78, 5) is 12.6. The van der Waals surface area contributed by atoms with Crippen molar-refractivity contribution in [3.63, 3.8) is 0 Å². The molecule has 7 heteroatoms. The van der Waals surface area contributed by atoms with E-state index in [0.29, 0.717) is 16.4 Å². The van der Waals surface area contributed by atoms with E-state index < -0.39 is 0 Å².